The number of hydrogen-bond donors (Lipinski definition) is 2. The number of nitrogens with zero attached hydrogens (tertiary/aromatic N) is 5. The lowest BCUT2D eigenvalue weighted by atomic mass is 10.1. The molecule has 0 atom stereocenters. The smallest absolute Gasteiger partial charge is 0.243 e. The van der Waals surface area contributed by atoms with Crippen LogP contribution >= 0.6 is 69.1 Å². The van der Waals surface area contributed by atoms with E-state index in [4.69, 9.17) is 65.4 Å². The van der Waals surface area contributed by atoms with Gasteiger partial charge >= 0.3 is 0 Å². The number of rotatable bonds is 15. The summed E-state index contributed by atoms with van der Waals surface area (Å²) in [6.45, 7) is 7.22. The molecular formula is C35H27Cl4N7O6S2. The van der Waals surface area contributed by atoms with Gasteiger partial charge in [0.1, 0.15) is 68.0 Å². The van der Waals surface area contributed by atoms with Crippen molar-refractivity contribution in [2.24, 2.45) is 0 Å². The average Bonchev–Trinajstić information content (AvgIpc) is 3.79. The Bertz CT molecular complexity index is 2270. The van der Waals surface area contributed by atoms with Gasteiger partial charge in [-0.25, -0.2) is 24.9 Å². The fourth-order valence-corrected chi connectivity index (χ4v) is 8.54. The van der Waals surface area contributed by atoms with Gasteiger partial charge in [-0.15, -0.1) is 11.3 Å². The first kappa shape index (κ1) is 38.9. The minimum Gasteiger partial charge on any atom is -0.495 e. The van der Waals surface area contributed by atoms with Gasteiger partial charge in [0.05, 0.1) is 59.2 Å². The van der Waals surface area contributed by atoms with Crippen LogP contribution in [-0.2, 0) is 22.7 Å². The van der Waals surface area contributed by atoms with Gasteiger partial charge in [0.25, 0.3) is 0 Å². The summed E-state index contributed by atoms with van der Waals surface area (Å²) >= 11 is 29.8. The van der Waals surface area contributed by atoms with E-state index in [0.717, 1.165) is 5.39 Å². The molecule has 2 aromatic carbocycles. The van der Waals surface area contributed by atoms with Crippen LogP contribution in [0.25, 0.3) is 41.6 Å². The summed E-state index contributed by atoms with van der Waals surface area (Å²) in [5.74, 6) is 1.37. The van der Waals surface area contributed by atoms with E-state index >= 15 is 0 Å². The summed E-state index contributed by atoms with van der Waals surface area (Å²) in [4.78, 5) is 47.4. The average molecular weight is 848 g/mol. The monoisotopic (exact) mass is 845 g/mol. The summed E-state index contributed by atoms with van der Waals surface area (Å²) < 4.78 is 23.2. The number of nitrogens with one attached hydrogen (secondary N) is 2. The highest BCUT2D eigenvalue weighted by Gasteiger charge is 2.24. The first-order valence-electron chi connectivity index (χ1n) is 15.6. The quantitative estimate of drug-likeness (QED) is 0.0759. The molecule has 6 aromatic rings. The Morgan fingerprint density at radius 2 is 1.22 bits per heavy atom. The largest absolute Gasteiger partial charge is 0.495 e. The Hall–Kier alpha value is -4.77. The number of aromatic nitrogens is 5. The van der Waals surface area contributed by atoms with Crippen molar-refractivity contribution in [2.45, 2.75) is 13.1 Å². The van der Waals surface area contributed by atoms with Crippen molar-refractivity contribution >= 4 is 101 Å². The first-order chi connectivity index (χ1) is 26.0. The number of thiazole rings is 1. The predicted octanol–water partition coefficient (Wildman–Crippen LogP) is 8.12. The number of thiophene rings is 1. The molecule has 0 saturated carbocycles. The van der Waals surface area contributed by atoms with Gasteiger partial charge in [0.2, 0.25) is 11.8 Å². The van der Waals surface area contributed by atoms with Crippen LogP contribution in [0, 0.1) is 0 Å². The lowest BCUT2D eigenvalue weighted by molar-refractivity contribution is -0.117. The van der Waals surface area contributed by atoms with Gasteiger partial charge in [-0.3, -0.25) is 9.59 Å². The molecule has 54 heavy (non-hydrogen) atoms. The van der Waals surface area contributed by atoms with E-state index in [9.17, 15) is 9.59 Å². The maximum Gasteiger partial charge on any atom is 0.243 e. The van der Waals surface area contributed by atoms with Crippen LogP contribution in [0.1, 0.15) is 11.6 Å². The number of halogens is 4. The lowest BCUT2D eigenvalue weighted by Gasteiger charge is -2.17. The van der Waals surface area contributed by atoms with Crippen LogP contribution < -0.4 is 29.6 Å². The molecule has 0 aliphatic rings. The van der Waals surface area contributed by atoms with E-state index < -0.39 is 0 Å². The molecule has 6 rings (SSSR count). The molecule has 2 N–H and O–H groups in total. The zero-order chi connectivity index (χ0) is 38.5. The van der Waals surface area contributed by atoms with Crippen molar-refractivity contribution in [3.05, 3.63) is 87.6 Å². The standard InChI is InChI=1S/C35H27Cl4N7O6S2/c1-5-25(47)42-14-23-40-12-16-9-22(53-33(16)45-23)27-29(36)18(49-3)10-20(31(27)38)51-7-8-52-21-11-19(50-4)30(37)28(32(21)39)35-44-17-13-41-24(46-34(17)54-35)15-43-26(48)6-2/h5-6,9-13H,1-2,7-8,14-15H2,3-4H3,(H,42,47)(H,43,48). The Balaban J connectivity index is 1.21. The minimum atomic E-state index is -0.343. The van der Waals surface area contributed by atoms with Gasteiger partial charge < -0.3 is 29.6 Å². The second kappa shape index (κ2) is 17.1. The van der Waals surface area contributed by atoms with Crippen molar-refractivity contribution in [3.8, 4) is 44.0 Å². The second-order valence-corrected chi connectivity index (χ2v) is 14.4. The molecule has 19 heteroatoms. The predicted molar refractivity (Wildman–Crippen MR) is 212 cm³/mol. The topological polar surface area (TPSA) is 160 Å². The molecule has 0 aliphatic heterocycles. The van der Waals surface area contributed by atoms with Crippen LogP contribution in [0.15, 0.2) is 55.9 Å². The van der Waals surface area contributed by atoms with Gasteiger partial charge in [0, 0.05) is 34.2 Å². The fourth-order valence-electron chi connectivity index (χ4n) is 4.90. The minimum absolute atomic E-state index is 0.0370. The van der Waals surface area contributed by atoms with Crippen LogP contribution in [0.2, 0.25) is 20.1 Å². The molecule has 0 radical (unpaired) electrons. The van der Waals surface area contributed by atoms with Gasteiger partial charge in [-0.05, 0) is 18.2 Å². The highest BCUT2D eigenvalue weighted by molar-refractivity contribution is 7.22. The van der Waals surface area contributed by atoms with Crippen LogP contribution in [0.5, 0.6) is 23.0 Å². The number of ether oxygens (including phenoxy) is 4. The Morgan fingerprint density at radius 3 is 1.80 bits per heavy atom. The molecule has 4 heterocycles. The van der Waals surface area contributed by atoms with Crippen molar-refractivity contribution < 1.29 is 28.5 Å². The van der Waals surface area contributed by atoms with Gasteiger partial charge in [-0.2, -0.15) is 0 Å². The summed E-state index contributed by atoms with van der Waals surface area (Å²) in [6.07, 6.45) is 5.55. The number of benzene rings is 2. The molecule has 13 nitrogen and oxygen atoms in total. The molecule has 2 amide bonds. The van der Waals surface area contributed by atoms with Crippen molar-refractivity contribution in [2.75, 3.05) is 27.4 Å². The summed E-state index contributed by atoms with van der Waals surface area (Å²) in [7, 11) is 2.96. The maximum absolute atomic E-state index is 11.6. The number of hydrogen-bond acceptors (Lipinski definition) is 13. The van der Waals surface area contributed by atoms with Crippen molar-refractivity contribution in [1.29, 1.82) is 0 Å². The van der Waals surface area contributed by atoms with Gasteiger partial charge in [-0.1, -0.05) is 70.9 Å². The molecule has 0 saturated heterocycles. The normalized spacial score (nSPS) is 11.0. The van der Waals surface area contributed by atoms with E-state index in [2.05, 4.69) is 48.7 Å². The SMILES string of the molecule is C=CC(=O)NCc1ncc2cc(-c3c(Cl)c(OC)cc(OCCOc4cc(OC)c(Cl)c(-c5nc6cnc(CNC(=O)C=C)nc6s5)c4Cl)c3Cl)sc2n1. The number of methoxy groups -OCH3 is 2. The van der Waals surface area contributed by atoms with Crippen LogP contribution in [0.3, 0.4) is 0 Å². The number of fused-ring (bicyclic) bond motifs is 2. The van der Waals surface area contributed by atoms with Gasteiger partial charge in [0.15, 0.2) is 0 Å². The van der Waals surface area contributed by atoms with E-state index in [1.165, 1.54) is 49.0 Å². The van der Waals surface area contributed by atoms with E-state index in [1.54, 1.807) is 24.5 Å². The molecule has 0 bridgehead atoms. The third kappa shape index (κ3) is 8.31. The molecule has 278 valence electrons. The van der Waals surface area contributed by atoms with Crippen LogP contribution in [0.4, 0.5) is 0 Å². The molecule has 0 aliphatic carbocycles. The number of carbonyl (C=O) groups is 2. The van der Waals surface area contributed by atoms with Crippen molar-refractivity contribution in [3.63, 3.8) is 0 Å². The number of carbonyl (C=O) groups excluding carboxylic acids is 2. The lowest BCUT2D eigenvalue weighted by Crippen LogP contribution is -2.21. The molecule has 0 fully saturated rings. The third-order valence-corrected chi connectivity index (χ3v) is 11.0. The Labute approximate surface area is 335 Å². The molecule has 0 unspecified atom stereocenters. The van der Waals surface area contributed by atoms with E-state index in [-0.39, 0.29) is 64.0 Å². The van der Waals surface area contributed by atoms with Crippen molar-refractivity contribution in [1.82, 2.24) is 35.6 Å². The highest BCUT2D eigenvalue weighted by atomic mass is 35.5. The Morgan fingerprint density at radius 1 is 0.704 bits per heavy atom. The fraction of sp³-hybridized carbons (Fsp3) is 0.171. The summed E-state index contributed by atoms with van der Waals surface area (Å²) in [5, 5.41) is 7.47. The molecule has 0 spiro atoms. The zero-order valence-corrected chi connectivity index (χ0v) is 33.0. The molecule has 4 aromatic heterocycles. The Kier molecular flexibility index (Phi) is 12.4. The molecular weight excluding hydrogens is 820 g/mol. The number of amides is 2. The second-order valence-electron chi connectivity index (χ2n) is 10.9. The maximum atomic E-state index is 11.6. The van der Waals surface area contributed by atoms with Crippen LogP contribution in [-0.4, -0.2) is 64.2 Å². The summed E-state index contributed by atoms with van der Waals surface area (Å²) in [6, 6.07) is 5.02. The highest BCUT2D eigenvalue weighted by Crippen LogP contribution is 2.49. The summed E-state index contributed by atoms with van der Waals surface area (Å²) in [5.41, 5.74) is 1.38. The first-order valence-corrected chi connectivity index (χ1v) is 18.8. The van der Waals surface area contributed by atoms with E-state index in [1.807, 2.05) is 6.07 Å². The zero-order valence-electron chi connectivity index (χ0n) is 28.3. The third-order valence-electron chi connectivity index (χ3n) is 7.50. The van der Waals surface area contributed by atoms with E-state index in [0.29, 0.717) is 65.1 Å².